The van der Waals surface area contributed by atoms with Crippen molar-refractivity contribution in [2.75, 3.05) is 44.8 Å². The van der Waals surface area contributed by atoms with Gasteiger partial charge in [-0.3, -0.25) is 4.90 Å². The van der Waals surface area contributed by atoms with Gasteiger partial charge in [0.05, 0.1) is 24.2 Å². The third-order valence-corrected chi connectivity index (χ3v) is 7.15. The van der Waals surface area contributed by atoms with Crippen LogP contribution in [0.3, 0.4) is 0 Å². The second-order valence-corrected chi connectivity index (χ2v) is 9.05. The van der Waals surface area contributed by atoms with Gasteiger partial charge in [0.2, 0.25) is 0 Å². The highest BCUT2D eigenvalue weighted by atomic mass is 16.5. The van der Waals surface area contributed by atoms with Crippen molar-refractivity contribution in [1.29, 1.82) is 0 Å². The molecule has 152 valence electrons. The van der Waals surface area contributed by atoms with Crippen LogP contribution in [0.15, 0.2) is 12.1 Å². The molecule has 28 heavy (non-hydrogen) atoms. The van der Waals surface area contributed by atoms with Crippen molar-refractivity contribution in [2.45, 2.75) is 58.0 Å². The van der Waals surface area contributed by atoms with E-state index in [1.54, 1.807) is 0 Å². The highest BCUT2D eigenvalue weighted by Gasteiger charge is 2.26. The zero-order valence-electron chi connectivity index (χ0n) is 17.5. The van der Waals surface area contributed by atoms with Crippen LogP contribution in [0.4, 0.5) is 5.69 Å². The molecule has 3 heterocycles. The van der Waals surface area contributed by atoms with E-state index in [0.29, 0.717) is 6.04 Å². The standard InChI is InChI=1S/C23H34N4O/c1-17-3-7-19-20(25(17)2)8-9-21-23(19)24-22(10-6-18-4-5-18)27(21)12-11-26-13-15-28-16-14-26/h8-9,17-18H,3-7,10-16H2,1-2H3. The third-order valence-electron chi connectivity index (χ3n) is 7.15. The Morgan fingerprint density at radius 1 is 1.11 bits per heavy atom. The van der Waals surface area contributed by atoms with Crippen molar-refractivity contribution in [1.82, 2.24) is 14.5 Å². The third kappa shape index (κ3) is 3.55. The molecule has 0 spiro atoms. The van der Waals surface area contributed by atoms with Crippen molar-refractivity contribution in [3.05, 3.63) is 23.5 Å². The van der Waals surface area contributed by atoms with Crippen molar-refractivity contribution >= 4 is 16.7 Å². The number of aryl methyl sites for hydroxylation is 2. The number of fused-ring (bicyclic) bond motifs is 3. The molecule has 1 atom stereocenters. The Balaban J connectivity index is 1.47. The topological polar surface area (TPSA) is 33.5 Å². The fourth-order valence-electron chi connectivity index (χ4n) is 4.89. The number of aromatic nitrogens is 2. The summed E-state index contributed by atoms with van der Waals surface area (Å²) in [6.45, 7) is 8.33. The Labute approximate surface area is 168 Å². The van der Waals surface area contributed by atoms with Gasteiger partial charge >= 0.3 is 0 Å². The molecular weight excluding hydrogens is 348 g/mol. The lowest BCUT2D eigenvalue weighted by molar-refractivity contribution is 0.0364. The van der Waals surface area contributed by atoms with Gasteiger partial charge in [-0.1, -0.05) is 12.8 Å². The molecule has 0 amide bonds. The largest absolute Gasteiger partial charge is 0.379 e. The van der Waals surface area contributed by atoms with E-state index in [2.05, 4.69) is 40.5 Å². The van der Waals surface area contributed by atoms with E-state index in [4.69, 9.17) is 9.72 Å². The molecule has 1 saturated heterocycles. The van der Waals surface area contributed by atoms with Crippen LogP contribution in [0.2, 0.25) is 0 Å². The van der Waals surface area contributed by atoms with E-state index in [-0.39, 0.29) is 0 Å². The van der Waals surface area contributed by atoms with E-state index < -0.39 is 0 Å². The van der Waals surface area contributed by atoms with E-state index in [1.807, 2.05) is 0 Å². The molecule has 1 saturated carbocycles. The smallest absolute Gasteiger partial charge is 0.109 e. The van der Waals surface area contributed by atoms with Gasteiger partial charge in [-0.25, -0.2) is 4.98 Å². The van der Waals surface area contributed by atoms with Crippen LogP contribution >= 0.6 is 0 Å². The normalized spacial score (nSPS) is 23.4. The number of ether oxygens (including phenoxy) is 1. The quantitative estimate of drug-likeness (QED) is 0.766. The molecule has 0 radical (unpaired) electrons. The van der Waals surface area contributed by atoms with Gasteiger partial charge < -0.3 is 14.2 Å². The minimum absolute atomic E-state index is 0.614. The molecule has 0 bridgehead atoms. The van der Waals surface area contributed by atoms with E-state index >= 15 is 0 Å². The first-order valence-corrected chi connectivity index (χ1v) is 11.2. The van der Waals surface area contributed by atoms with Crippen LogP contribution in [0, 0.1) is 5.92 Å². The lowest BCUT2D eigenvalue weighted by Crippen LogP contribution is -2.38. The maximum Gasteiger partial charge on any atom is 0.109 e. The van der Waals surface area contributed by atoms with Crippen molar-refractivity contribution in [3.8, 4) is 0 Å². The summed E-state index contributed by atoms with van der Waals surface area (Å²) in [4.78, 5) is 10.2. The number of hydrogen-bond donors (Lipinski definition) is 0. The molecule has 3 aliphatic rings. The Morgan fingerprint density at radius 2 is 1.93 bits per heavy atom. The van der Waals surface area contributed by atoms with Crippen LogP contribution in [0.25, 0.3) is 11.0 Å². The lowest BCUT2D eigenvalue weighted by atomic mass is 9.96. The fraction of sp³-hybridized carbons (Fsp3) is 0.696. The zero-order valence-corrected chi connectivity index (χ0v) is 17.5. The van der Waals surface area contributed by atoms with Gasteiger partial charge in [0.25, 0.3) is 0 Å². The maximum atomic E-state index is 5.52. The molecule has 1 aromatic heterocycles. The van der Waals surface area contributed by atoms with Crippen molar-refractivity contribution < 1.29 is 4.74 Å². The summed E-state index contributed by atoms with van der Waals surface area (Å²) in [6, 6.07) is 5.28. The van der Waals surface area contributed by atoms with Crippen LogP contribution in [-0.2, 0) is 24.1 Å². The molecule has 2 aromatic rings. The van der Waals surface area contributed by atoms with Gasteiger partial charge in [-0.2, -0.15) is 0 Å². The van der Waals surface area contributed by atoms with Crippen LogP contribution < -0.4 is 4.90 Å². The predicted molar refractivity (Wildman–Crippen MR) is 114 cm³/mol. The van der Waals surface area contributed by atoms with Crippen molar-refractivity contribution in [3.63, 3.8) is 0 Å². The first-order chi connectivity index (χ1) is 13.7. The Morgan fingerprint density at radius 3 is 2.71 bits per heavy atom. The number of anilines is 1. The molecule has 5 nitrogen and oxygen atoms in total. The summed E-state index contributed by atoms with van der Waals surface area (Å²) in [6.07, 6.45) is 7.66. The average Bonchev–Trinajstić information content (AvgIpc) is 3.48. The molecule has 1 aliphatic carbocycles. The number of morpholine rings is 1. The average molecular weight is 383 g/mol. The second kappa shape index (κ2) is 7.68. The summed E-state index contributed by atoms with van der Waals surface area (Å²) in [5.41, 5.74) is 5.47. The van der Waals surface area contributed by atoms with Gasteiger partial charge in [0.15, 0.2) is 0 Å². The summed E-state index contributed by atoms with van der Waals surface area (Å²) < 4.78 is 8.05. The number of rotatable bonds is 6. The Hall–Kier alpha value is -1.59. The summed E-state index contributed by atoms with van der Waals surface area (Å²) in [7, 11) is 2.23. The summed E-state index contributed by atoms with van der Waals surface area (Å²) in [5, 5.41) is 0. The molecule has 5 heteroatoms. The lowest BCUT2D eigenvalue weighted by Gasteiger charge is -2.34. The van der Waals surface area contributed by atoms with Gasteiger partial charge in [0, 0.05) is 56.9 Å². The minimum atomic E-state index is 0.614. The minimum Gasteiger partial charge on any atom is -0.379 e. The molecule has 0 N–H and O–H groups in total. The fourth-order valence-corrected chi connectivity index (χ4v) is 4.89. The number of hydrogen-bond acceptors (Lipinski definition) is 4. The Kier molecular flexibility index (Phi) is 5.06. The van der Waals surface area contributed by atoms with Gasteiger partial charge in [-0.05, 0) is 44.2 Å². The van der Waals surface area contributed by atoms with E-state index in [1.165, 1.54) is 53.8 Å². The zero-order chi connectivity index (χ0) is 19.1. The first kappa shape index (κ1) is 18.4. The Bertz CT molecular complexity index is 835. The molecule has 1 aromatic carbocycles. The second-order valence-electron chi connectivity index (χ2n) is 9.05. The van der Waals surface area contributed by atoms with Gasteiger partial charge in [-0.15, -0.1) is 0 Å². The molecule has 5 rings (SSSR count). The number of benzene rings is 1. The molecule has 1 unspecified atom stereocenters. The van der Waals surface area contributed by atoms with Gasteiger partial charge in [0.1, 0.15) is 5.82 Å². The van der Waals surface area contributed by atoms with E-state index in [0.717, 1.165) is 58.2 Å². The van der Waals surface area contributed by atoms with Crippen LogP contribution in [0.1, 0.15) is 44.0 Å². The molecule has 2 fully saturated rings. The SMILES string of the molecule is CC1CCc2c(ccc3c2nc(CCC2CC2)n3CCN2CCOCC2)N1C. The number of imidazole rings is 1. The first-order valence-electron chi connectivity index (χ1n) is 11.2. The molecular formula is C23H34N4O. The molecule has 2 aliphatic heterocycles. The summed E-state index contributed by atoms with van der Waals surface area (Å²) >= 11 is 0. The summed E-state index contributed by atoms with van der Waals surface area (Å²) in [5.74, 6) is 2.26. The highest BCUT2D eigenvalue weighted by Crippen LogP contribution is 2.37. The van der Waals surface area contributed by atoms with Crippen molar-refractivity contribution in [2.24, 2.45) is 5.92 Å². The maximum absolute atomic E-state index is 5.52. The predicted octanol–water partition coefficient (Wildman–Crippen LogP) is 3.48. The van der Waals surface area contributed by atoms with Crippen LogP contribution in [-0.4, -0.2) is 60.4 Å². The highest BCUT2D eigenvalue weighted by molar-refractivity contribution is 5.86. The van der Waals surface area contributed by atoms with Crippen LogP contribution in [0.5, 0.6) is 0 Å². The number of nitrogens with zero attached hydrogens (tertiary/aromatic N) is 4. The monoisotopic (exact) mass is 382 g/mol. The van der Waals surface area contributed by atoms with E-state index in [9.17, 15) is 0 Å².